The van der Waals surface area contributed by atoms with Crippen LogP contribution in [0.5, 0.6) is 0 Å². The average molecular weight is 204 g/mol. The van der Waals surface area contributed by atoms with Crippen molar-refractivity contribution in [2.24, 2.45) is 0 Å². The number of rotatable bonds is 0. The molecule has 1 unspecified atom stereocenters. The molecule has 0 radical (unpaired) electrons. The third-order valence-corrected chi connectivity index (χ3v) is 7.74. The van der Waals surface area contributed by atoms with E-state index in [0.717, 1.165) is 0 Å². The Kier molecular flexibility index (Phi) is 1.74. The van der Waals surface area contributed by atoms with Gasteiger partial charge in [0.05, 0.1) is 0 Å². The van der Waals surface area contributed by atoms with Gasteiger partial charge in [-0.2, -0.15) is 0 Å². The fourth-order valence-electron chi connectivity index (χ4n) is 0.334. The van der Waals surface area contributed by atoms with Gasteiger partial charge in [0, 0.05) is 0 Å². The Bertz CT molecular complexity index is 99.4. The summed E-state index contributed by atoms with van der Waals surface area (Å²) < 4.78 is 4.18. The van der Waals surface area contributed by atoms with E-state index in [1.807, 2.05) is 0 Å². The third-order valence-electron chi connectivity index (χ3n) is 0.635. The molecule has 1 atom stereocenters. The van der Waals surface area contributed by atoms with Crippen molar-refractivity contribution in [1.29, 1.82) is 0 Å². The second-order valence-electron chi connectivity index (χ2n) is 1.21. The normalized spacial score (nSPS) is 25.2. The minimum absolute atomic E-state index is 0.350. The van der Waals surface area contributed by atoms with E-state index in [1.165, 1.54) is 0 Å². The number of allylic oxidation sites excluding steroid dienone is 1. The topological polar surface area (TPSA) is 0 Å². The van der Waals surface area contributed by atoms with Crippen LogP contribution in [-0.4, -0.2) is 34.7 Å². The van der Waals surface area contributed by atoms with Gasteiger partial charge in [-0.1, -0.05) is 0 Å². The number of hydrogen-bond donors (Lipinski definition) is 0. The molecule has 2 heteroatoms. The van der Waals surface area contributed by atoms with Gasteiger partial charge in [0.25, 0.3) is 0 Å². The molecule has 0 aromatic rings. The van der Waals surface area contributed by atoms with Gasteiger partial charge in [-0.25, -0.2) is 0 Å². The zero-order valence-electron chi connectivity index (χ0n) is 3.60. The van der Waals surface area contributed by atoms with E-state index < -0.39 is 0 Å². The molecule has 1 heterocycles. The molecule has 0 bridgehead atoms. The average Bonchev–Trinajstić information content (AvgIpc) is 1.86. The molecule has 0 fully saturated rings. The van der Waals surface area contributed by atoms with Crippen LogP contribution in [0.25, 0.3) is 0 Å². The van der Waals surface area contributed by atoms with Gasteiger partial charge in [0.2, 0.25) is 0 Å². The standard InChI is InChI=1S/C4H6As2/c1-4-2-5-3-6-4/h2-3,5H,1H3. The van der Waals surface area contributed by atoms with Crippen LogP contribution in [0.1, 0.15) is 6.92 Å². The number of hydrogen-bond acceptors (Lipinski definition) is 0. The van der Waals surface area contributed by atoms with E-state index in [2.05, 4.69) is 15.4 Å². The molecule has 6 heavy (non-hydrogen) atoms. The Morgan fingerprint density at radius 2 is 2.67 bits per heavy atom. The van der Waals surface area contributed by atoms with Crippen molar-refractivity contribution in [3.63, 3.8) is 0 Å². The molecular formula is C4H6As2. The van der Waals surface area contributed by atoms with Gasteiger partial charge >= 0.3 is 50.8 Å². The molecule has 1 rings (SSSR count). The fourth-order valence-corrected chi connectivity index (χ4v) is 7.21. The van der Waals surface area contributed by atoms with Crippen molar-refractivity contribution < 1.29 is 0 Å². The van der Waals surface area contributed by atoms with Crippen molar-refractivity contribution in [3.05, 3.63) is 9.22 Å². The predicted octanol–water partition coefficient (Wildman–Crippen LogP) is -0.238. The summed E-state index contributed by atoms with van der Waals surface area (Å²) in [6.07, 6.45) is 0. The van der Waals surface area contributed by atoms with Crippen LogP contribution < -0.4 is 0 Å². The summed E-state index contributed by atoms with van der Waals surface area (Å²) >= 11 is 0.940. The molecule has 0 saturated heterocycles. The SMILES string of the molecule is CC1=C[AsH]C=[As]1. The van der Waals surface area contributed by atoms with Crippen molar-refractivity contribution in [3.8, 4) is 0 Å². The van der Waals surface area contributed by atoms with Gasteiger partial charge in [-0.3, -0.25) is 0 Å². The van der Waals surface area contributed by atoms with E-state index in [1.54, 1.807) is 4.36 Å². The minimum atomic E-state index is 0.350. The second-order valence-corrected chi connectivity index (χ2v) is 7.89. The van der Waals surface area contributed by atoms with E-state index in [-0.39, 0.29) is 0 Å². The zero-order chi connectivity index (χ0) is 4.41. The molecule has 0 saturated carbocycles. The quantitative estimate of drug-likeness (QED) is 0.477. The Balaban J connectivity index is 2.68. The molecule has 0 N–H and O–H groups in total. The molecule has 0 aromatic heterocycles. The molecule has 0 aliphatic carbocycles. The zero-order valence-corrected chi connectivity index (χ0v) is 7.58. The van der Waals surface area contributed by atoms with Crippen molar-refractivity contribution >= 4 is 34.7 Å². The predicted molar refractivity (Wildman–Crippen MR) is 32.7 cm³/mol. The summed E-state index contributed by atoms with van der Waals surface area (Å²) in [4.78, 5) is 2.43. The molecule has 0 amide bonds. The van der Waals surface area contributed by atoms with Crippen molar-refractivity contribution in [2.45, 2.75) is 6.92 Å². The maximum absolute atomic E-state index is 2.51. The Labute approximate surface area is 50.9 Å². The molecule has 1 aliphatic rings. The molecule has 1 aliphatic heterocycles. The summed E-state index contributed by atoms with van der Waals surface area (Å²) in [6.45, 7) is 2.24. The van der Waals surface area contributed by atoms with E-state index in [9.17, 15) is 0 Å². The van der Waals surface area contributed by atoms with Gasteiger partial charge < -0.3 is 0 Å². The summed E-state index contributed by atoms with van der Waals surface area (Å²) in [5.74, 6) is 0. The van der Waals surface area contributed by atoms with Crippen LogP contribution in [0.4, 0.5) is 0 Å². The van der Waals surface area contributed by atoms with Gasteiger partial charge in [0.15, 0.2) is 0 Å². The molecule has 0 aromatic carbocycles. The Morgan fingerprint density at radius 1 is 1.83 bits per heavy atom. The van der Waals surface area contributed by atoms with E-state index in [0.29, 0.717) is 31.1 Å². The van der Waals surface area contributed by atoms with Crippen LogP contribution in [0.15, 0.2) is 9.22 Å². The first-order valence-corrected chi connectivity index (χ1v) is 6.29. The van der Waals surface area contributed by atoms with Crippen LogP contribution in [0, 0.1) is 0 Å². The van der Waals surface area contributed by atoms with Crippen LogP contribution in [-0.2, 0) is 0 Å². The second kappa shape index (κ2) is 2.14. The summed E-state index contributed by atoms with van der Waals surface area (Å²) in [7, 11) is 0. The van der Waals surface area contributed by atoms with Crippen LogP contribution in [0.3, 0.4) is 0 Å². The van der Waals surface area contributed by atoms with Crippen LogP contribution in [0.2, 0.25) is 0 Å². The van der Waals surface area contributed by atoms with E-state index in [4.69, 9.17) is 0 Å². The Hall–Kier alpha value is 0.727. The fraction of sp³-hybridized carbons (Fsp3) is 0.250. The Morgan fingerprint density at radius 3 is 2.83 bits per heavy atom. The monoisotopic (exact) mass is 204 g/mol. The van der Waals surface area contributed by atoms with Gasteiger partial charge in [-0.15, -0.1) is 0 Å². The van der Waals surface area contributed by atoms with Gasteiger partial charge in [-0.05, 0) is 0 Å². The first-order chi connectivity index (χ1) is 2.89. The molecule has 32 valence electrons. The van der Waals surface area contributed by atoms with E-state index >= 15 is 0 Å². The summed E-state index contributed by atoms with van der Waals surface area (Å²) in [5, 5.41) is 0. The first kappa shape index (κ1) is 4.88. The molecular weight excluding hydrogens is 198 g/mol. The summed E-state index contributed by atoms with van der Waals surface area (Å²) in [6, 6.07) is 0. The third kappa shape index (κ3) is 1.10. The van der Waals surface area contributed by atoms with Gasteiger partial charge in [0.1, 0.15) is 0 Å². The summed E-state index contributed by atoms with van der Waals surface area (Å²) in [5.41, 5.74) is 0. The van der Waals surface area contributed by atoms with Crippen molar-refractivity contribution in [1.82, 2.24) is 0 Å². The van der Waals surface area contributed by atoms with Crippen molar-refractivity contribution in [2.75, 3.05) is 0 Å². The molecule has 0 nitrogen and oxygen atoms in total. The van der Waals surface area contributed by atoms with Crippen LogP contribution >= 0.6 is 0 Å². The molecule has 0 spiro atoms. The first-order valence-electron chi connectivity index (χ1n) is 1.85. The maximum atomic E-state index is 2.51.